The summed E-state index contributed by atoms with van der Waals surface area (Å²) in [6, 6.07) is 0.246. The van der Waals surface area contributed by atoms with E-state index in [2.05, 4.69) is 0 Å². The van der Waals surface area contributed by atoms with Crippen molar-refractivity contribution in [1.82, 2.24) is 0 Å². The molecule has 0 aliphatic carbocycles. The van der Waals surface area contributed by atoms with Gasteiger partial charge in [-0.3, -0.25) is 0 Å². The van der Waals surface area contributed by atoms with Crippen molar-refractivity contribution in [3.05, 3.63) is 35.1 Å². The molecule has 0 amide bonds. The van der Waals surface area contributed by atoms with E-state index >= 15 is 0 Å². The highest BCUT2D eigenvalue weighted by Gasteiger charge is 2.14. The van der Waals surface area contributed by atoms with Crippen LogP contribution >= 0.6 is 0 Å². The zero-order chi connectivity index (χ0) is 10.0. The van der Waals surface area contributed by atoms with Crippen LogP contribution in [0.4, 0.5) is 17.6 Å². The predicted octanol–water partition coefficient (Wildman–Crippen LogP) is 2.07. The summed E-state index contributed by atoms with van der Waals surface area (Å²) < 4.78 is 49.5. The first-order valence-electron chi connectivity index (χ1n) is 3.52. The highest BCUT2D eigenvalue weighted by molar-refractivity contribution is 5.22. The van der Waals surface area contributed by atoms with Crippen LogP contribution in [0.2, 0.25) is 0 Å². The van der Waals surface area contributed by atoms with Crippen molar-refractivity contribution in [2.75, 3.05) is 6.67 Å². The molecule has 13 heavy (non-hydrogen) atoms. The summed E-state index contributed by atoms with van der Waals surface area (Å²) in [4.78, 5) is 0. The molecule has 1 atom stereocenters. The van der Waals surface area contributed by atoms with Crippen molar-refractivity contribution in [3.63, 3.8) is 0 Å². The van der Waals surface area contributed by atoms with Gasteiger partial charge in [0.05, 0.1) is 6.04 Å². The van der Waals surface area contributed by atoms with E-state index in [0.29, 0.717) is 12.1 Å². The molecule has 0 unspecified atom stereocenters. The molecule has 5 heteroatoms. The summed E-state index contributed by atoms with van der Waals surface area (Å²) in [6.45, 7) is -0.954. The van der Waals surface area contributed by atoms with Gasteiger partial charge < -0.3 is 5.73 Å². The maximum atomic E-state index is 12.5. The van der Waals surface area contributed by atoms with Gasteiger partial charge in [-0.05, 0) is 17.7 Å². The van der Waals surface area contributed by atoms with Crippen LogP contribution in [0.3, 0.4) is 0 Å². The van der Waals surface area contributed by atoms with E-state index in [1.54, 1.807) is 0 Å². The third kappa shape index (κ3) is 1.98. The van der Waals surface area contributed by atoms with Crippen LogP contribution in [-0.2, 0) is 0 Å². The van der Waals surface area contributed by atoms with Crippen molar-refractivity contribution in [2.45, 2.75) is 6.04 Å². The summed E-state index contributed by atoms with van der Waals surface area (Å²) in [7, 11) is 0. The van der Waals surface area contributed by atoms with E-state index in [1.807, 2.05) is 0 Å². The van der Waals surface area contributed by atoms with E-state index in [-0.39, 0.29) is 5.56 Å². The normalized spacial score (nSPS) is 13.0. The van der Waals surface area contributed by atoms with E-state index < -0.39 is 30.2 Å². The molecule has 0 saturated heterocycles. The maximum absolute atomic E-state index is 12.5. The van der Waals surface area contributed by atoms with Gasteiger partial charge in [0.2, 0.25) is 0 Å². The minimum Gasteiger partial charge on any atom is -0.322 e. The molecule has 0 saturated carbocycles. The monoisotopic (exact) mass is 193 g/mol. The predicted molar refractivity (Wildman–Crippen MR) is 39.2 cm³/mol. The summed E-state index contributed by atoms with van der Waals surface area (Å²) in [6.07, 6.45) is 0. The number of rotatable bonds is 2. The fraction of sp³-hybridized carbons (Fsp3) is 0.250. The number of alkyl halides is 1. The molecule has 0 radical (unpaired) electrons. The van der Waals surface area contributed by atoms with Crippen molar-refractivity contribution in [2.24, 2.45) is 5.73 Å². The Morgan fingerprint density at radius 3 is 2.00 bits per heavy atom. The Morgan fingerprint density at radius 2 is 1.62 bits per heavy atom. The summed E-state index contributed by atoms with van der Waals surface area (Å²) in [5, 5.41) is 0. The summed E-state index contributed by atoms with van der Waals surface area (Å²) in [5.41, 5.74) is 5.05. The maximum Gasteiger partial charge on any atom is 0.194 e. The lowest BCUT2D eigenvalue weighted by molar-refractivity contribution is 0.421. The van der Waals surface area contributed by atoms with Gasteiger partial charge in [-0.2, -0.15) is 0 Å². The van der Waals surface area contributed by atoms with Crippen LogP contribution < -0.4 is 5.73 Å². The number of benzene rings is 1. The van der Waals surface area contributed by atoms with Gasteiger partial charge >= 0.3 is 0 Å². The molecule has 0 aromatic heterocycles. The summed E-state index contributed by atoms with van der Waals surface area (Å²) in [5.74, 6) is -4.30. The van der Waals surface area contributed by atoms with Gasteiger partial charge in [0, 0.05) is 0 Å². The van der Waals surface area contributed by atoms with Crippen LogP contribution in [0.1, 0.15) is 11.6 Å². The quantitative estimate of drug-likeness (QED) is 0.564. The van der Waals surface area contributed by atoms with Gasteiger partial charge in [-0.15, -0.1) is 0 Å². The van der Waals surface area contributed by atoms with Crippen molar-refractivity contribution < 1.29 is 17.6 Å². The second-order valence-corrected chi connectivity index (χ2v) is 2.56. The SMILES string of the molecule is N[C@H](CF)c1cc(F)c(F)c(F)c1. The minimum absolute atomic E-state index is 0.0982. The Hall–Kier alpha value is -1.10. The molecule has 0 aliphatic heterocycles. The van der Waals surface area contributed by atoms with Crippen LogP contribution in [0, 0.1) is 17.5 Å². The van der Waals surface area contributed by atoms with Gasteiger partial charge in [-0.25, -0.2) is 17.6 Å². The lowest BCUT2D eigenvalue weighted by atomic mass is 10.1. The number of nitrogens with two attached hydrogens (primary N) is 1. The van der Waals surface area contributed by atoms with Gasteiger partial charge in [0.1, 0.15) is 6.67 Å². The molecule has 1 aromatic carbocycles. The molecular formula is C8H7F4N. The highest BCUT2D eigenvalue weighted by Crippen LogP contribution is 2.17. The van der Waals surface area contributed by atoms with Gasteiger partial charge in [0.25, 0.3) is 0 Å². The van der Waals surface area contributed by atoms with Crippen LogP contribution in [-0.4, -0.2) is 6.67 Å². The number of hydrogen-bond donors (Lipinski definition) is 1. The van der Waals surface area contributed by atoms with Gasteiger partial charge in [0.15, 0.2) is 17.5 Å². The first-order valence-corrected chi connectivity index (χ1v) is 3.52. The van der Waals surface area contributed by atoms with Crippen LogP contribution in [0.5, 0.6) is 0 Å². The van der Waals surface area contributed by atoms with Crippen molar-refractivity contribution in [1.29, 1.82) is 0 Å². The Balaban J connectivity index is 3.13. The molecule has 2 N–H and O–H groups in total. The molecule has 1 rings (SSSR count). The first-order chi connectivity index (χ1) is 6.06. The number of halogens is 4. The Labute approximate surface area is 72.2 Å². The standard InChI is InChI=1S/C8H7F4N/c9-3-7(13)4-1-5(10)8(12)6(11)2-4/h1-2,7H,3,13H2/t7-/m1/s1. The van der Waals surface area contributed by atoms with Crippen molar-refractivity contribution >= 4 is 0 Å². The zero-order valence-electron chi connectivity index (χ0n) is 6.53. The topological polar surface area (TPSA) is 26.0 Å². The first kappa shape index (κ1) is 9.98. The van der Waals surface area contributed by atoms with Crippen molar-refractivity contribution in [3.8, 4) is 0 Å². The Morgan fingerprint density at radius 1 is 1.15 bits per heavy atom. The fourth-order valence-electron chi connectivity index (χ4n) is 0.878. The average molecular weight is 193 g/mol. The van der Waals surface area contributed by atoms with E-state index in [0.717, 1.165) is 0 Å². The lowest BCUT2D eigenvalue weighted by Crippen LogP contribution is -2.13. The molecule has 0 fully saturated rings. The smallest absolute Gasteiger partial charge is 0.194 e. The minimum atomic E-state index is -1.57. The largest absolute Gasteiger partial charge is 0.322 e. The number of hydrogen-bond acceptors (Lipinski definition) is 1. The summed E-state index contributed by atoms with van der Waals surface area (Å²) >= 11 is 0. The second kappa shape index (κ2) is 3.74. The molecule has 1 nitrogen and oxygen atoms in total. The fourth-order valence-corrected chi connectivity index (χ4v) is 0.878. The van der Waals surface area contributed by atoms with Crippen LogP contribution in [0.15, 0.2) is 12.1 Å². The lowest BCUT2D eigenvalue weighted by Gasteiger charge is -2.07. The Kier molecular flexibility index (Phi) is 2.87. The third-order valence-electron chi connectivity index (χ3n) is 1.60. The molecule has 1 aromatic rings. The van der Waals surface area contributed by atoms with E-state index in [9.17, 15) is 17.6 Å². The van der Waals surface area contributed by atoms with E-state index in [4.69, 9.17) is 5.73 Å². The zero-order valence-corrected chi connectivity index (χ0v) is 6.53. The van der Waals surface area contributed by atoms with Gasteiger partial charge in [-0.1, -0.05) is 0 Å². The molecular weight excluding hydrogens is 186 g/mol. The Bertz CT molecular complexity index is 290. The highest BCUT2D eigenvalue weighted by atomic mass is 19.2. The van der Waals surface area contributed by atoms with E-state index in [1.165, 1.54) is 0 Å². The molecule has 0 spiro atoms. The molecule has 72 valence electrons. The average Bonchev–Trinajstić information content (AvgIpc) is 2.12. The molecule has 0 aliphatic rings. The molecule has 0 heterocycles. The second-order valence-electron chi connectivity index (χ2n) is 2.56. The van der Waals surface area contributed by atoms with Crippen LogP contribution in [0.25, 0.3) is 0 Å². The third-order valence-corrected chi connectivity index (χ3v) is 1.60. The molecule has 0 bridgehead atoms.